The van der Waals surface area contributed by atoms with E-state index in [1.165, 1.54) is 12.1 Å². The Hall–Kier alpha value is -1.95. The van der Waals surface area contributed by atoms with Crippen LogP contribution in [0.15, 0.2) is 24.3 Å². The van der Waals surface area contributed by atoms with Crippen molar-refractivity contribution in [1.82, 2.24) is 5.32 Å². The van der Waals surface area contributed by atoms with E-state index in [0.717, 1.165) is 12.8 Å². The summed E-state index contributed by atoms with van der Waals surface area (Å²) < 4.78 is 18.5. The second-order valence-corrected chi connectivity index (χ2v) is 6.04. The van der Waals surface area contributed by atoms with Gasteiger partial charge in [0.1, 0.15) is 11.9 Å². The molecule has 1 fully saturated rings. The highest BCUT2D eigenvalue weighted by Crippen LogP contribution is 2.19. The highest BCUT2D eigenvalue weighted by Gasteiger charge is 2.32. The number of carboxylic acids is 1. The molecule has 0 aromatic heterocycles. The van der Waals surface area contributed by atoms with Crippen LogP contribution in [-0.2, 0) is 20.7 Å². The zero-order chi connectivity index (χ0) is 16.8. The van der Waals surface area contributed by atoms with E-state index in [0.29, 0.717) is 25.2 Å². The molecule has 2 rings (SSSR count). The summed E-state index contributed by atoms with van der Waals surface area (Å²) in [6.45, 7) is 2.68. The summed E-state index contributed by atoms with van der Waals surface area (Å²) in [4.78, 5) is 23.7. The van der Waals surface area contributed by atoms with Crippen LogP contribution in [0.4, 0.5) is 4.39 Å². The summed E-state index contributed by atoms with van der Waals surface area (Å²) in [7, 11) is 0. The molecule has 2 N–H and O–H groups in total. The van der Waals surface area contributed by atoms with Crippen LogP contribution < -0.4 is 5.32 Å². The van der Waals surface area contributed by atoms with E-state index >= 15 is 0 Å². The molecule has 3 unspecified atom stereocenters. The van der Waals surface area contributed by atoms with Gasteiger partial charge >= 0.3 is 5.97 Å². The van der Waals surface area contributed by atoms with E-state index in [4.69, 9.17) is 4.74 Å². The zero-order valence-corrected chi connectivity index (χ0v) is 13.1. The molecule has 6 heteroatoms. The van der Waals surface area contributed by atoms with E-state index in [1.54, 1.807) is 19.1 Å². The van der Waals surface area contributed by atoms with Crippen LogP contribution >= 0.6 is 0 Å². The topological polar surface area (TPSA) is 75.6 Å². The molecule has 1 saturated heterocycles. The van der Waals surface area contributed by atoms with Crippen molar-refractivity contribution in [3.05, 3.63) is 35.6 Å². The van der Waals surface area contributed by atoms with Gasteiger partial charge in [-0.15, -0.1) is 0 Å². The molecule has 0 bridgehead atoms. The molecule has 5 nitrogen and oxygen atoms in total. The van der Waals surface area contributed by atoms with Crippen molar-refractivity contribution in [2.75, 3.05) is 13.2 Å². The van der Waals surface area contributed by atoms with Gasteiger partial charge in [0.25, 0.3) is 0 Å². The Morgan fingerprint density at radius 2 is 2.26 bits per heavy atom. The standard InChI is InChI=1S/C17H22FNO4/c1-11(8-12-4-2-6-14(18)9-12)16(20)19-15(17(21)22)13-5-3-7-23-10-13/h2,4,6,9,11,13,15H,3,5,7-8,10H2,1H3,(H,19,20)(H,21,22). The number of carbonyl (C=O) groups is 2. The molecule has 0 saturated carbocycles. The van der Waals surface area contributed by atoms with Gasteiger partial charge < -0.3 is 15.2 Å². The fourth-order valence-electron chi connectivity index (χ4n) is 2.82. The van der Waals surface area contributed by atoms with Crippen molar-refractivity contribution < 1.29 is 23.8 Å². The van der Waals surface area contributed by atoms with Crippen molar-refractivity contribution in [3.8, 4) is 0 Å². The summed E-state index contributed by atoms with van der Waals surface area (Å²) in [6.07, 6.45) is 1.87. The van der Waals surface area contributed by atoms with E-state index in [1.807, 2.05) is 0 Å². The minimum absolute atomic E-state index is 0.216. The number of amides is 1. The van der Waals surface area contributed by atoms with Gasteiger partial charge in [-0.3, -0.25) is 4.79 Å². The third kappa shape index (κ3) is 5.03. The molecule has 0 radical (unpaired) electrons. The third-order valence-corrected chi connectivity index (χ3v) is 4.11. The van der Waals surface area contributed by atoms with Crippen molar-refractivity contribution in [2.45, 2.75) is 32.2 Å². The number of rotatable bonds is 6. The molecule has 1 heterocycles. The van der Waals surface area contributed by atoms with Crippen LogP contribution in [0.3, 0.4) is 0 Å². The van der Waals surface area contributed by atoms with Crippen LogP contribution in [0.2, 0.25) is 0 Å². The fraction of sp³-hybridized carbons (Fsp3) is 0.529. The van der Waals surface area contributed by atoms with Crippen LogP contribution in [-0.4, -0.2) is 36.2 Å². The Morgan fingerprint density at radius 1 is 1.48 bits per heavy atom. The van der Waals surface area contributed by atoms with Crippen LogP contribution in [0.1, 0.15) is 25.3 Å². The number of ether oxygens (including phenoxy) is 1. The lowest BCUT2D eigenvalue weighted by atomic mass is 9.92. The zero-order valence-electron chi connectivity index (χ0n) is 13.1. The maximum Gasteiger partial charge on any atom is 0.326 e. The molecule has 23 heavy (non-hydrogen) atoms. The van der Waals surface area contributed by atoms with Gasteiger partial charge in [-0.1, -0.05) is 19.1 Å². The Labute approximate surface area is 134 Å². The van der Waals surface area contributed by atoms with Gasteiger partial charge in [-0.25, -0.2) is 9.18 Å². The van der Waals surface area contributed by atoms with Gasteiger partial charge in [0.15, 0.2) is 0 Å². The first kappa shape index (κ1) is 17.4. The lowest BCUT2D eigenvalue weighted by molar-refractivity contribution is -0.145. The lowest BCUT2D eigenvalue weighted by Gasteiger charge is -2.28. The van der Waals surface area contributed by atoms with Gasteiger partial charge in [0, 0.05) is 18.4 Å². The quantitative estimate of drug-likeness (QED) is 0.839. The van der Waals surface area contributed by atoms with Crippen molar-refractivity contribution >= 4 is 11.9 Å². The molecule has 1 aromatic rings. The molecule has 3 atom stereocenters. The largest absolute Gasteiger partial charge is 0.480 e. The van der Waals surface area contributed by atoms with E-state index in [9.17, 15) is 19.1 Å². The number of nitrogens with one attached hydrogen (secondary N) is 1. The average Bonchev–Trinajstić information content (AvgIpc) is 2.52. The second-order valence-electron chi connectivity index (χ2n) is 6.04. The molecule has 1 aliphatic rings. The van der Waals surface area contributed by atoms with Gasteiger partial charge in [-0.2, -0.15) is 0 Å². The van der Waals surface area contributed by atoms with Crippen molar-refractivity contribution in [3.63, 3.8) is 0 Å². The van der Waals surface area contributed by atoms with Crippen LogP contribution in [0.5, 0.6) is 0 Å². The first-order valence-corrected chi connectivity index (χ1v) is 7.82. The fourth-order valence-corrected chi connectivity index (χ4v) is 2.82. The minimum Gasteiger partial charge on any atom is -0.480 e. The maximum atomic E-state index is 13.2. The Bertz CT molecular complexity index is 557. The Balaban J connectivity index is 1.96. The van der Waals surface area contributed by atoms with Crippen molar-refractivity contribution in [2.24, 2.45) is 11.8 Å². The molecule has 126 valence electrons. The molecule has 1 aromatic carbocycles. The monoisotopic (exact) mass is 323 g/mol. The molecular formula is C17H22FNO4. The number of hydrogen-bond acceptors (Lipinski definition) is 3. The Morgan fingerprint density at radius 3 is 2.87 bits per heavy atom. The number of carboxylic acid groups (broad SMARTS) is 1. The Kier molecular flexibility index (Phi) is 6.10. The summed E-state index contributed by atoms with van der Waals surface area (Å²) >= 11 is 0. The lowest BCUT2D eigenvalue weighted by Crippen LogP contribution is -2.50. The highest BCUT2D eigenvalue weighted by atomic mass is 19.1. The van der Waals surface area contributed by atoms with E-state index < -0.39 is 17.9 Å². The normalized spacial score (nSPS) is 20.5. The summed E-state index contributed by atoms with van der Waals surface area (Å²) in [5.74, 6) is -2.40. The average molecular weight is 323 g/mol. The number of hydrogen-bond donors (Lipinski definition) is 2. The predicted molar refractivity (Wildman–Crippen MR) is 82.4 cm³/mol. The molecular weight excluding hydrogens is 301 g/mol. The maximum absolute atomic E-state index is 13.2. The van der Waals surface area contributed by atoms with Gasteiger partial charge in [-0.05, 0) is 37.0 Å². The van der Waals surface area contributed by atoms with Gasteiger partial charge in [0.05, 0.1) is 6.61 Å². The summed E-state index contributed by atoms with van der Waals surface area (Å²) in [5.41, 5.74) is 0.709. The number of carbonyl (C=O) groups excluding carboxylic acids is 1. The third-order valence-electron chi connectivity index (χ3n) is 4.11. The predicted octanol–water partition coefficient (Wildman–Crippen LogP) is 2.00. The molecule has 0 spiro atoms. The molecule has 0 aliphatic carbocycles. The van der Waals surface area contributed by atoms with Crippen LogP contribution in [0.25, 0.3) is 0 Å². The SMILES string of the molecule is CC(Cc1cccc(F)c1)C(=O)NC(C(=O)O)C1CCCOC1. The smallest absolute Gasteiger partial charge is 0.326 e. The first-order chi connectivity index (χ1) is 11.0. The van der Waals surface area contributed by atoms with E-state index in [2.05, 4.69) is 5.32 Å². The van der Waals surface area contributed by atoms with Crippen molar-refractivity contribution in [1.29, 1.82) is 0 Å². The number of halogens is 1. The molecule has 1 aliphatic heterocycles. The summed E-state index contributed by atoms with van der Waals surface area (Å²) in [6, 6.07) is 5.12. The first-order valence-electron chi connectivity index (χ1n) is 7.82. The van der Waals surface area contributed by atoms with Gasteiger partial charge in [0.2, 0.25) is 5.91 Å². The van der Waals surface area contributed by atoms with Crippen LogP contribution in [0, 0.1) is 17.7 Å². The highest BCUT2D eigenvalue weighted by molar-refractivity contribution is 5.85. The minimum atomic E-state index is -1.05. The number of aliphatic carboxylic acids is 1. The summed E-state index contributed by atoms with van der Waals surface area (Å²) in [5, 5.41) is 12.0. The molecule has 1 amide bonds. The van der Waals surface area contributed by atoms with E-state index in [-0.39, 0.29) is 17.6 Å². The second kappa shape index (κ2) is 8.06. The number of benzene rings is 1.